The van der Waals surface area contributed by atoms with Crippen LogP contribution in [0.2, 0.25) is 0 Å². The minimum Gasteiger partial charge on any atom is -0.498 e. The maximum absolute atomic E-state index is 13.5. The van der Waals surface area contributed by atoms with Crippen LogP contribution in [-0.4, -0.2) is 111 Å². The van der Waals surface area contributed by atoms with E-state index in [1.165, 1.54) is 5.57 Å². The fraction of sp³-hybridized carbons (Fsp3) is 0.645. The Bertz CT molecular complexity index is 983. The minimum atomic E-state index is -0.902. The van der Waals surface area contributed by atoms with E-state index in [1.807, 2.05) is 27.0 Å². The number of carboxylic acids is 1. The van der Waals surface area contributed by atoms with Crippen LogP contribution < -0.4 is 10.6 Å². The summed E-state index contributed by atoms with van der Waals surface area (Å²) in [5.74, 6) is 1.20. The number of piperidine rings is 1. The van der Waals surface area contributed by atoms with Crippen molar-refractivity contribution in [2.45, 2.75) is 52.5 Å². The Labute approximate surface area is 246 Å². The predicted octanol–water partition coefficient (Wildman–Crippen LogP) is 2.61. The number of hydrogen-bond acceptors (Lipinski definition) is 8. The fourth-order valence-corrected chi connectivity index (χ4v) is 5.74. The summed E-state index contributed by atoms with van der Waals surface area (Å²) in [6.45, 7) is 15.0. The van der Waals surface area contributed by atoms with Crippen LogP contribution >= 0.6 is 0 Å². The molecule has 0 spiro atoms. The van der Waals surface area contributed by atoms with Crippen molar-refractivity contribution in [3.05, 3.63) is 47.0 Å². The van der Waals surface area contributed by atoms with Crippen LogP contribution in [0.1, 0.15) is 46.5 Å². The number of ether oxygens (including phenoxy) is 1. The number of rotatable bonds is 14. The maximum atomic E-state index is 13.5. The number of carbonyl (C=O) groups excluding carboxylic acids is 2. The summed E-state index contributed by atoms with van der Waals surface area (Å²) in [6.07, 6.45) is 11.7. The maximum Gasteiger partial charge on any atom is 0.331 e. The van der Waals surface area contributed by atoms with E-state index in [4.69, 9.17) is 14.6 Å². The lowest BCUT2D eigenvalue weighted by Gasteiger charge is -2.42. The Morgan fingerprint density at radius 1 is 1.15 bits per heavy atom. The van der Waals surface area contributed by atoms with Gasteiger partial charge in [-0.3, -0.25) is 9.69 Å². The first kappa shape index (κ1) is 34.1. The normalized spacial score (nSPS) is 22.6. The largest absolute Gasteiger partial charge is 0.498 e. The molecule has 3 N–H and O–H groups in total. The molecule has 2 heterocycles. The quantitative estimate of drug-likeness (QED) is 0.164. The number of allylic oxidation sites excluding steroid dienone is 5. The van der Waals surface area contributed by atoms with E-state index in [2.05, 4.69) is 51.3 Å². The number of hydrogen-bond donors (Lipinski definition) is 3. The number of piperazine rings is 1. The molecule has 0 saturated carbocycles. The van der Waals surface area contributed by atoms with E-state index < -0.39 is 5.97 Å². The van der Waals surface area contributed by atoms with Gasteiger partial charge < -0.3 is 35.1 Å². The van der Waals surface area contributed by atoms with Crippen LogP contribution in [-0.2, 0) is 19.1 Å². The number of carbonyl (C=O) groups is 3. The zero-order valence-electron chi connectivity index (χ0n) is 25.7. The second kappa shape index (κ2) is 17.6. The van der Waals surface area contributed by atoms with Crippen molar-refractivity contribution >= 4 is 18.7 Å². The van der Waals surface area contributed by atoms with Crippen molar-refractivity contribution < 1.29 is 24.2 Å². The Balaban J connectivity index is 0.00000287. The molecule has 2 saturated heterocycles. The molecular formula is C31H51N5O5. The summed E-state index contributed by atoms with van der Waals surface area (Å²) in [7, 11) is 3.83. The van der Waals surface area contributed by atoms with Gasteiger partial charge >= 0.3 is 5.97 Å². The van der Waals surface area contributed by atoms with Gasteiger partial charge in [0.1, 0.15) is 12.6 Å². The first-order valence-corrected chi connectivity index (χ1v) is 14.8. The lowest BCUT2D eigenvalue weighted by molar-refractivity contribution is -0.140. The molecule has 3 atom stereocenters. The molecule has 0 radical (unpaired) electrons. The van der Waals surface area contributed by atoms with Crippen molar-refractivity contribution in [3.8, 4) is 0 Å². The van der Waals surface area contributed by atoms with Crippen molar-refractivity contribution in [2.75, 3.05) is 66.5 Å². The van der Waals surface area contributed by atoms with Gasteiger partial charge in [-0.25, -0.2) is 4.79 Å². The highest BCUT2D eigenvalue weighted by molar-refractivity contribution is 5.86. The molecule has 1 amide bonds. The second-order valence-corrected chi connectivity index (χ2v) is 10.9. The summed E-state index contributed by atoms with van der Waals surface area (Å²) in [4.78, 5) is 39.3. The summed E-state index contributed by atoms with van der Waals surface area (Å²) in [6, 6.07) is 0.264. The second-order valence-electron chi connectivity index (χ2n) is 10.9. The topological polar surface area (TPSA) is 114 Å². The smallest absolute Gasteiger partial charge is 0.331 e. The standard InChI is InChI=1S/C30H49N5O4.CH2O/c1-22(30(37)38)9-12-27(32-5)34-19-17-33(18-20-34)15-7-21-39-26-11-10-25-13-16-35(23(2)8-6-14-31-4)29(36)28(25)24(26)3;1-2/h9-12,23-24,28,31-32H,6-8,13-21H2,1-5H3,(H,37,38);1H2/b22-9+,27-12+;. The Hall–Kier alpha value is -3.11. The highest BCUT2D eigenvalue weighted by Gasteiger charge is 2.40. The van der Waals surface area contributed by atoms with Crippen molar-refractivity contribution in [1.82, 2.24) is 25.3 Å². The van der Waals surface area contributed by atoms with Gasteiger partial charge in [-0.2, -0.15) is 0 Å². The molecule has 230 valence electrons. The Kier molecular flexibility index (Phi) is 14.7. The van der Waals surface area contributed by atoms with E-state index in [0.717, 1.165) is 83.1 Å². The molecule has 0 aromatic rings. The highest BCUT2D eigenvalue weighted by atomic mass is 16.5. The third-order valence-electron chi connectivity index (χ3n) is 8.27. The van der Waals surface area contributed by atoms with Gasteiger partial charge in [0, 0.05) is 63.8 Å². The first-order valence-electron chi connectivity index (χ1n) is 14.8. The molecule has 1 aliphatic carbocycles. The van der Waals surface area contributed by atoms with E-state index in [0.29, 0.717) is 12.2 Å². The van der Waals surface area contributed by atoms with Crippen molar-refractivity contribution in [2.24, 2.45) is 11.8 Å². The van der Waals surface area contributed by atoms with Gasteiger partial charge in [0.25, 0.3) is 0 Å². The predicted molar refractivity (Wildman–Crippen MR) is 162 cm³/mol. The third-order valence-corrected chi connectivity index (χ3v) is 8.27. The summed E-state index contributed by atoms with van der Waals surface area (Å²) >= 11 is 0. The number of nitrogens with zero attached hydrogens (tertiary/aromatic N) is 3. The lowest BCUT2D eigenvalue weighted by atomic mass is 9.77. The van der Waals surface area contributed by atoms with Crippen LogP contribution in [0.3, 0.4) is 0 Å². The first-order chi connectivity index (χ1) is 19.8. The van der Waals surface area contributed by atoms with Crippen LogP contribution in [0.5, 0.6) is 0 Å². The average molecular weight is 574 g/mol. The monoisotopic (exact) mass is 573 g/mol. The summed E-state index contributed by atoms with van der Waals surface area (Å²) in [5.41, 5.74) is 1.57. The Morgan fingerprint density at radius 3 is 2.49 bits per heavy atom. The van der Waals surface area contributed by atoms with Crippen LogP contribution in [0.25, 0.3) is 0 Å². The van der Waals surface area contributed by atoms with E-state index >= 15 is 0 Å². The van der Waals surface area contributed by atoms with Gasteiger partial charge in [0.15, 0.2) is 0 Å². The molecule has 2 fully saturated rings. The number of aliphatic carboxylic acids is 1. The van der Waals surface area contributed by atoms with Gasteiger partial charge in [-0.1, -0.05) is 18.6 Å². The number of amides is 1. The molecule has 2 aliphatic heterocycles. The molecule has 3 unspecified atom stereocenters. The SMILES string of the molecule is C=O.CNCCCC(C)N1CCC2=CC=C(OCCCN3CCN(/C(=C/C=C(\C)C(=O)O)NC)CC3)C(C)C2C1=O. The molecule has 10 heteroatoms. The van der Waals surface area contributed by atoms with Gasteiger partial charge in [0.2, 0.25) is 5.91 Å². The van der Waals surface area contributed by atoms with Gasteiger partial charge in [0.05, 0.1) is 18.3 Å². The zero-order valence-corrected chi connectivity index (χ0v) is 25.7. The lowest BCUT2D eigenvalue weighted by Crippen LogP contribution is -2.49. The van der Waals surface area contributed by atoms with E-state index in [-0.39, 0.29) is 23.8 Å². The molecule has 0 bridgehead atoms. The molecule has 0 aromatic carbocycles. The fourth-order valence-electron chi connectivity index (χ4n) is 5.74. The minimum absolute atomic E-state index is 0.0684. The van der Waals surface area contributed by atoms with Crippen molar-refractivity contribution in [3.63, 3.8) is 0 Å². The average Bonchev–Trinajstić information content (AvgIpc) is 2.98. The van der Waals surface area contributed by atoms with Gasteiger partial charge in [-0.05, 0) is 71.4 Å². The summed E-state index contributed by atoms with van der Waals surface area (Å²) < 4.78 is 6.24. The molecule has 3 aliphatic rings. The van der Waals surface area contributed by atoms with Crippen LogP contribution in [0.4, 0.5) is 0 Å². The Morgan fingerprint density at radius 2 is 1.85 bits per heavy atom. The van der Waals surface area contributed by atoms with Crippen molar-refractivity contribution in [1.29, 1.82) is 0 Å². The molecule has 41 heavy (non-hydrogen) atoms. The van der Waals surface area contributed by atoms with E-state index in [1.54, 1.807) is 13.0 Å². The summed E-state index contributed by atoms with van der Waals surface area (Å²) in [5, 5.41) is 15.4. The molecular weight excluding hydrogens is 522 g/mol. The number of fused-ring (bicyclic) bond motifs is 1. The van der Waals surface area contributed by atoms with Gasteiger partial charge in [-0.15, -0.1) is 0 Å². The van der Waals surface area contributed by atoms with Crippen LogP contribution in [0, 0.1) is 11.8 Å². The van der Waals surface area contributed by atoms with E-state index in [9.17, 15) is 9.59 Å². The highest BCUT2D eigenvalue weighted by Crippen LogP contribution is 2.38. The molecule has 0 aromatic heterocycles. The molecule has 10 nitrogen and oxygen atoms in total. The third kappa shape index (κ3) is 9.74. The zero-order chi connectivity index (χ0) is 30.4. The number of carboxylic acid groups (broad SMARTS) is 1. The molecule has 3 rings (SSSR count). The number of likely N-dealkylation sites (tertiary alicyclic amines) is 1. The van der Waals surface area contributed by atoms with Crippen LogP contribution in [0.15, 0.2) is 47.0 Å². The number of nitrogens with one attached hydrogen (secondary N) is 2.